The molecule has 2 aliphatic rings. The van der Waals surface area contributed by atoms with Crippen LogP contribution < -0.4 is 0 Å². The van der Waals surface area contributed by atoms with E-state index in [-0.39, 0.29) is 5.91 Å². The van der Waals surface area contributed by atoms with Crippen LogP contribution in [0.25, 0.3) is 5.82 Å². The van der Waals surface area contributed by atoms with E-state index in [1.54, 1.807) is 18.7 Å². The van der Waals surface area contributed by atoms with Crippen molar-refractivity contribution in [1.82, 2.24) is 19.4 Å². The van der Waals surface area contributed by atoms with Gasteiger partial charge in [-0.05, 0) is 43.7 Å². The SMILES string of the molecule is O=C(c1ccnc(-n2ccnc2)c1)N1CCC[C@H]1C1CCCC1. The molecular weight excluding hydrogens is 288 g/mol. The Morgan fingerprint density at radius 1 is 1.13 bits per heavy atom. The van der Waals surface area contributed by atoms with Crippen LogP contribution in [0, 0.1) is 5.92 Å². The lowest BCUT2D eigenvalue weighted by atomic mass is 9.95. The Hall–Kier alpha value is -2.17. The monoisotopic (exact) mass is 310 g/mol. The average Bonchev–Trinajstić information content (AvgIpc) is 3.35. The Balaban J connectivity index is 1.57. The number of pyridine rings is 1. The molecule has 0 aromatic carbocycles. The van der Waals surface area contributed by atoms with Crippen molar-refractivity contribution in [3.05, 3.63) is 42.6 Å². The smallest absolute Gasteiger partial charge is 0.254 e. The molecule has 1 aliphatic carbocycles. The van der Waals surface area contributed by atoms with Crippen molar-refractivity contribution in [3.8, 4) is 5.82 Å². The summed E-state index contributed by atoms with van der Waals surface area (Å²) in [5.41, 5.74) is 0.730. The van der Waals surface area contributed by atoms with Crippen LogP contribution >= 0.6 is 0 Å². The zero-order valence-electron chi connectivity index (χ0n) is 13.3. The molecule has 1 saturated carbocycles. The van der Waals surface area contributed by atoms with E-state index in [4.69, 9.17) is 0 Å². The van der Waals surface area contributed by atoms with E-state index in [1.807, 2.05) is 22.9 Å². The van der Waals surface area contributed by atoms with Crippen LogP contribution in [0.4, 0.5) is 0 Å². The molecule has 1 saturated heterocycles. The maximum Gasteiger partial charge on any atom is 0.254 e. The molecule has 2 fully saturated rings. The molecule has 0 radical (unpaired) electrons. The second-order valence-electron chi connectivity index (χ2n) is 6.63. The van der Waals surface area contributed by atoms with Crippen molar-refractivity contribution in [2.24, 2.45) is 5.92 Å². The van der Waals surface area contributed by atoms with Gasteiger partial charge in [0.1, 0.15) is 12.1 Å². The summed E-state index contributed by atoms with van der Waals surface area (Å²) in [6.45, 7) is 0.892. The van der Waals surface area contributed by atoms with Crippen LogP contribution in [0.1, 0.15) is 48.9 Å². The first-order valence-corrected chi connectivity index (χ1v) is 8.58. The second kappa shape index (κ2) is 6.14. The van der Waals surface area contributed by atoms with Gasteiger partial charge in [-0.25, -0.2) is 9.97 Å². The van der Waals surface area contributed by atoms with Gasteiger partial charge < -0.3 is 4.90 Å². The lowest BCUT2D eigenvalue weighted by Crippen LogP contribution is -2.39. The number of amides is 1. The topological polar surface area (TPSA) is 51.0 Å². The number of carbonyl (C=O) groups is 1. The van der Waals surface area contributed by atoms with E-state index >= 15 is 0 Å². The molecule has 5 nitrogen and oxygen atoms in total. The summed E-state index contributed by atoms with van der Waals surface area (Å²) in [5, 5.41) is 0. The number of nitrogens with zero attached hydrogens (tertiary/aromatic N) is 4. The van der Waals surface area contributed by atoms with Crippen LogP contribution in [0.5, 0.6) is 0 Å². The molecule has 2 aromatic heterocycles. The number of hydrogen-bond acceptors (Lipinski definition) is 3. The minimum absolute atomic E-state index is 0.156. The molecule has 1 amide bonds. The number of carbonyl (C=O) groups excluding carboxylic acids is 1. The molecule has 1 atom stereocenters. The van der Waals surface area contributed by atoms with E-state index in [9.17, 15) is 4.79 Å². The van der Waals surface area contributed by atoms with Crippen molar-refractivity contribution in [3.63, 3.8) is 0 Å². The summed E-state index contributed by atoms with van der Waals surface area (Å²) in [4.78, 5) is 23.5. The second-order valence-corrected chi connectivity index (χ2v) is 6.63. The molecule has 5 heteroatoms. The van der Waals surface area contributed by atoms with Crippen molar-refractivity contribution in [2.45, 2.75) is 44.6 Å². The molecule has 0 unspecified atom stereocenters. The summed E-state index contributed by atoms with van der Waals surface area (Å²) in [6, 6.07) is 4.13. The van der Waals surface area contributed by atoms with E-state index in [2.05, 4.69) is 14.9 Å². The summed E-state index contributed by atoms with van der Waals surface area (Å²) in [5.74, 6) is 1.60. The highest BCUT2D eigenvalue weighted by atomic mass is 16.2. The fraction of sp³-hybridized carbons (Fsp3) is 0.500. The Kier molecular flexibility index (Phi) is 3.85. The number of aromatic nitrogens is 3. The highest BCUT2D eigenvalue weighted by Gasteiger charge is 2.36. The number of imidazole rings is 1. The van der Waals surface area contributed by atoms with Crippen molar-refractivity contribution in [1.29, 1.82) is 0 Å². The van der Waals surface area contributed by atoms with Gasteiger partial charge in [0.15, 0.2) is 0 Å². The molecule has 4 rings (SSSR count). The zero-order chi connectivity index (χ0) is 15.6. The Morgan fingerprint density at radius 2 is 2.00 bits per heavy atom. The van der Waals surface area contributed by atoms with Gasteiger partial charge in [0, 0.05) is 36.7 Å². The highest BCUT2D eigenvalue weighted by molar-refractivity contribution is 5.95. The fourth-order valence-corrected chi connectivity index (χ4v) is 4.13. The zero-order valence-corrected chi connectivity index (χ0v) is 13.3. The van der Waals surface area contributed by atoms with Gasteiger partial charge in [0.05, 0.1) is 0 Å². The molecule has 23 heavy (non-hydrogen) atoms. The van der Waals surface area contributed by atoms with Crippen LogP contribution in [0.3, 0.4) is 0 Å². The minimum Gasteiger partial charge on any atom is -0.335 e. The van der Waals surface area contributed by atoms with Crippen LogP contribution in [0.15, 0.2) is 37.1 Å². The van der Waals surface area contributed by atoms with Gasteiger partial charge in [-0.15, -0.1) is 0 Å². The van der Waals surface area contributed by atoms with Crippen LogP contribution in [0.2, 0.25) is 0 Å². The van der Waals surface area contributed by atoms with Crippen molar-refractivity contribution in [2.75, 3.05) is 6.54 Å². The van der Waals surface area contributed by atoms with Crippen LogP contribution in [-0.2, 0) is 0 Å². The third-order valence-corrected chi connectivity index (χ3v) is 5.27. The Labute approximate surface area is 136 Å². The third-order valence-electron chi connectivity index (χ3n) is 5.27. The van der Waals surface area contributed by atoms with Gasteiger partial charge in [0.25, 0.3) is 5.91 Å². The number of rotatable bonds is 3. The van der Waals surface area contributed by atoms with Gasteiger partial charge in [-0.1, -0.05) is 12.8 Å². The Bertz CT molecular complexity index is 676. The first-order chi connectivity index (χ1) is 11.3. The summed E-state index contributed by atoms with van der Waals surface area (Å²) >= 11 is 0. The van der Waals surface area contributed by atoms with E-state index < -0.39 is 0 Å². The predicted molar refractivity (Wildman–Crippen MR) is 87.4 cm³/mol. The first-order valence-electron chi connectivity index (χ1n) is 8.58. The Morgan fingerprint density at radius 3 is 2.78 bits per heavy atom. The molecule has 120 valence electrons. The first kappa shape index (κ1) is 14.4. The minimum atomic E-state index is 0.156. The van der Waals surface area contributed by atoms with Crippen molar-refractivity contribution >= 4 is 5.91 Å². The van der Waals surface area contributed by atoms with Crippen molar-refractivity contribution < 1.29 is 4.79 Å². The average molecular weight is 310 g/mol. The quantitative estimate of drug-likeness (QED) is 0.875. The van der Waals surface area contributed by atoms with Gasteiger partial charge in [0.2, 0.25) is 0 Å². The maximum atomic E-state index is 13.0. The lowest BCUT2D eigenvalue weighted by molar-refractivity contribution is 0.0689. The molecule has 0 N–H and O–H groups in total. The van der Waals surface area contributed by atoms with Crippen LogP contribution in [-0.4, -0.2) is 37.9 Å². The molecule has 1 aliphatic heterocycles. The molecule has 3 heterocycles. The third kappa shape index (κ3) is 2.76. The summed E-state index contributed by atoms with van der Waals surface area (Å²) in [7, 11) is 0. The normalized spacial score (nSPS) is 21.9. The molecular formula is C18H22N4O. The van der Waals surface area contributed by atoms with E-state index in [0.717, 1.165) is 30.8 Å². The molecule has 2 aromatic rings. The summed E-state index contributed by atoms with van der Waals surface area (Å²) < 4.78 is 1.83. The number of likely N-dealkylation sites (tertiary alicyclic amines) is 1. The number of hydrogen-bond donors (Lipinski definition) is 0. The van der Waals surface area contributed by atoms with E-state index in [1.165, 1.54) is 25.7 Å². The standard InChI is InChI=1S/C18H22N4O/c23-18(22-10-3-6-16(22)14-4-1-2-5-14)15-7-8-20-17(12-15)21-11-9-19-13-21/h7-9,11-14,16H,1-6,10H2/t16-/m0/s1. The lowest BCUT2D eigenvalue weighted by Gasteiger charge is -2.29. The fourth-order valence-electron chi connectivity index (χ4n) is 4.13. The highest BCUT2D eigenvalue weighted by Crippen LogP contribution is 2.36. The molecule has 0 spiro atoms. The van der Waals surface area contributed by atoms with E-state index in [0.29, 0.717) is 12.0 Å². The van der Waals surface area contributed by atoms with Gasteiger partial charge in [-0.3, -0.25) is 9.36 Å². The molecule has 0 bridgehead atoms. The van der Waals surface area contributed by atoms with Gasteiger partial charge >= 0.3 is 0 Å². The van der Waals surface area contributed by atoms with Gasteiger partial charge in [-0.2, -0.15) is 0 Å². The largest absolute Gasteiger partial charge is 0.335 e. The maximum absolute atomic E-state index is 13.0. The summed E-state index contributed by atoms with van der Waals surface area (Å²) in [6.07, 6.45) is 14.5. The predicted octanol–water partition coefficient (Wildman–Crippen LogP) is 3.06.